The Morgan fingerprint density at radius 2 is 1.62 bits per heavy atom. The summed E-state index contributed by atoms with van der Waals surface area (Å²) >= 11 is 0. The van der Waals surface area contributed by atoms with Crippen LogP contribution < -0.4 is 0 Å². The van der Waals surface area contributed by atoms with Gasteiger partial charge in [0.25, 0.3) is 0 Å². The Bertz CT molecular complexity index is 1280. The summed E-state index contributed by atoms with van der Waals surface area (Å²) in [5.74, 6) is 3.35. The van der Waals surface area contributed by atoms with Crippen LogP contribution >= 0.6 is 0 Å². The van der Waals surface area contributed by atoms with Crippen molar-refractivity contribution in [2.75, 3.05) is 13.2 Å². The highest BCUT2D eigenvalue weighted by Crippen LogP contribution is 2.71. The number of esters is 1. The molecule has 6 aliphatic rings. The van der Waals surface area contributed by atoms with Crippen molar-refractivity contribution in [2.24, 2.45) is 70.0 Å². The van der Waals surface area contributed by atoms with Gasteiger partial charge in [0.2, 0.25) is 0 Å². The molecule has 0 amide bonds. The third-order valence-electron chi connectivity index (χ3n) is 15.3. The monoisotopic (exact) mass is 648 g/mol. The Morgan fingerprint density at radius 3 is 2.30 bits per heavy atom. The second-order valence-corrected chi connectivity index (χ2v) is 17.8. The second-order valence-electron chi connectivity index (χ2n) is 17.8. The zero-order valence-electron chi connectivity index (χ0n) is 29.6. The fraction of sp³-hybridized carbons (Fsp3) is 0.805. The van der Waals surface area contributed by atoms with Crippen LogP contribution in [-0.4, -0.2) is 42.1 Å². The highest BCUT2D eigenvalue weighted by Gasteiger charge is 2.68. The van der Waals surface area contributed by atoms with E-state index in [4.69, 9.17) is 14.2 Å². The zero-order chi connectivity index (χ0) is 33.1. The Morgan fingerprint density at radius 1 is 0.915 bits per heavy atom. The number of carboxylic acids is 1. The minimum Gasteiger partial charge on any atom is -0.481 e. The summed E-state index contributed by atoms with van der Waals surface area (Å²) in [6.07, 6.45) is 13.2. The number of aliphatic carboxylic acids is 1. The molecule has 1 N–H and O–H groups in total. The number of hydrogen-bond acceptors (Lipinski definition) is 5. The van der Waals surface area contributed by atoms with Crippen molar-refractivity contribution in [3.05, 3.63) is 35.9 Å². The average Bonchev–Trinajstić information content (AvgIpc) is 3.65. The Hall–Kier alpha value is -1.92. The van der Waals surface area contributed by atoms with Crippen LogP contribution in [0.5, 0.6) is 0 Å². The summed E-state index contributed by atoms with van der Waals surface area (Å²) in [7, 11) is 0. The van der Waals surface area contributed by atoms with E-state index >= 15 is 0 Å². The summed E-state index contributed by atoms with van der Waals surface area (Å²) in [6, 6.07) is 9.58. The summed E-state index contributed by atoms with van der Waals surface area (Å²) < 4.78 is 19.9. The maximum Gasteiger partial charge on any atom is 0.338 e. The maximum absolute atomic E-state index is 13.7. The van der Waals surface area contributed by atoms with Crippen molar-refractivity contribution in [1.29, 1.82) is 0 Å². The highest BCUT2D eigenvalue weighted by atomic mass is 16.7. The van der Waals surface area contributed by atoms with Gasteiger partial charge in [-0.25, -0.2) is 4.79 Å². The lowest BCUT2D eigenvalue weighted by Gasteiger charge is -2.66. The van der Waals surface area contributed by atoms with Gasteiger partial charge in [-0.3, -0.25) is 4.79 Å². The maximum atomic E-state index is 13.7. The fourth-order valence-corrected chi connectivity index (χ4v) is 12.8. The van der Waals surface area contributed by atoms with Crippen molar-refractivity contribution in [2.45, 2.75) is 124 Å². The van der Waals surface area contributed by atoms with E-state index in [0.29, 0.717) is 66.1 Å². The first-order valence-corrected chi connectivity index (χ1v) is 19.2. The number of hydrogen-bond donors (Lipinski definition) is 1. The molecule has 1 aliphatic heterocycles. The summed E-state index contributed by atoms with van der Waals surface area (Å²) in [5, 5.41) is 9.41. The minimum absolute atomic E-state index is 0.0976. The van der Waals surface area contributed by atoms with Crippen molar-refractivity contribution < 1.29 is 28.9 Å². The van der Waals surface area contributed by atoms with Crippen LogP contribution in [0, 0.1) is 70.0 Å². The largest absolute Gasteiger partial charge is 0.481 e. The van der Waals surface area contributed by atoms with E-state index in [1.54, 1.807) is 0 Å². The van der Waals surface area contributed by atoms with Crippen LogP contribution in [0.15, 0.2) is 30.3 Å². The van der Waals surface area contributed by atoms with E-state index in [9.17, 15) is 14.7 Å². The molecule has 1 spiro atoms. The van der Waals surface area contributed by atoms with Gasteiger partial charge in [-0.15, -0.1) is 0 Å². The van der Waals surface area contributed by atoms with E-state index in [1.165, 1.54) is 44.9 Å². The van der Waals surface area contributed by atoms with E-state index in [1.807, 2.05) is 37.3 Å². The first-order chi connectivity index (χ1) is 22.4. The van der Waals surface area contributed by atoms with Gasteiger partial charge in [-0.05, 0) is 122 Å². The van der Waals surface area contributed by atoms with Crippen molar-refractivity contribution in [3.8, 4) is 0 Å². The summed E-state index contributed by atoms with van der Waals surface area (Å²) in [4.78, 5) is 25.2. The number of carboxylic acid groups (broad SMARTS) is 1. The van der Waals surface area contributed by atoms with Gasteiger partial charge in [-0.2, -0.15) is 0 Å². The van der Waals surface area contributed by atoms with Gasteiger partial charge in [0, 0.05) is 18.3 Å². The molecule has 7 rings (SSSR count). The molecule has 6 fully saturated rings. The number of carbonyl (C=O) groups is 2. The van der Waals surface area contributed by atoms with E-state index < -0.39 is 11.8 Å². The lowest BCUT2D eigenvalue weighted by Crippen LogP contribution is -2.64. The number of rotatable bonds is 9. The lowest BCUT2D eigenvalue weighted by atomic mass is 9.41. The first-order valence-electron chi connectivity index (χ1n) is 19.2. The zero-order valence-corrected chi connectivity index (χ0v) is 29.6. The fourth-order valence-electron chi connectivity index (χ4n) is 12.8. The quantitative estimate of drug-likeness (QED) is 0.269. The van der Waals surface area contributed by atoms with Gasteiger partial charge in [0.15, 0.2) is 5.79 Å². The molecule has 1 heterocycles. The minimum atomic E-state index is -0.683. The molecule has 260 valence electrons. The van der Waals surface area contributed by atoms with Crippen LogP contribution in [0.3, 0.4) is 0 Å². The number of ether oxygens (including phenoxy) is 3. The smallest absolute Gasteiger partial charge is 0.338 e. The van der Waals surface area contributed by atoms with Crippen LogP contribution in [0.4, 0.5) is 0 Å². The van der Waals surface area contributed by atoms with Crippen molar-refractivity contribution >= 4 is 11.9 Å². The predicted molar refractivity (Wildman–Crippen MR) is 181 cm³/mol. The van der Waals surface area contributed by atoms with Gasteiger partial charge in [0.05, 0.1) is 24.7 Å². The molecule has 47 heavy (non-hydrogen) atoms. The van der Waals surface area contributed by atoms with Crippen LogP contribution in [0.1, 0.15) is 122 Å². The van der Waals surface area contributed by atoms with E-state index in [0.717, 1.165) is 38.0 Å². The average molecular weight is 649 g/mol. The third-order valence-corrected chi connectivity index (χ3v) is 15.3. The van der Waals surface area contributed by atoms with Crippen molar-refractivity contribution in [1.82, 2.24) is 0 Å². The molecular formula is C41H60O6. The number of fused-ring (bicyclic) bond motifs is 5. The predicted octanol–water partition coefficient (Wildman–Crippen LogP) is 9.02. The second kappa shape index (κ2) is 12.8. The van der Waals surface area contributed by atoms with Gasteiger partial charge < -0.3 is 19.3 Å². The molecule has 5 unspecified atom stereocenters. The van der Waals surface area contributed by atoms with Gasteiger partial charge >= 0.3 is 11.9 Å². The first kappa shape index (κ1) is 33.6. The molecule has 1 aromatic carbocycles. The Labute approximate surface area is 283 Å². The van der Waals surface area contributed by atoms with Gasteiger partial charge in [0.1, 0.15) is 6.10 Å². The SMILES string of the molecule is CC1CC(C2C[C@]3(C)C4CC[C@@]5(C)C(CC[C@@H]5[C@H](C)CCCC(C)C(=O)O)C4[C@H](OC(=O)c4ccccc4)C[C@H]3CC23OCCO3)C1. The molecule has 1 saturated heterocycles. The molecule has 0 radical (unpaired) electrons. The molecule has 11 atom stereocenters. The molecule has 6 heteroatoms. The number of benzene rings is 1. The van der Waals surface area contributed by atoms with Crippen molar-refractivity contribution in [3.63, 3.8) is 0 Å². The Kier molecular flexibility index (Phi) is 9.11. The molecular weight excluding hydrogens is 588 g/mol. The van der Waals surface area contributed by atoms with Crippen LogP contribution in [0.2, 0.25) is 0 Å². The molecule has 0 aromatic heterocycles. The topological polar surface area (TPSA) is 82.1 Å². The van der Waals surface area contributed by atoms with E-state index in [2.05, 4.69) is 27.7 Å². The molecule has 0 bridgehead atoms. The normalized spacial score (nSPS) is 43.2. The molecule has 6 nitrogen and oxygen atoms in total. The summed E-state index contributed by atoms with van der Waals surface area (Å²) in [5.41, 5.74) is 1.05. The molecule has 1 aromatic rings. The van der Waals surface area contributed by atoms with Crippen LogP contribution in [-0.2, 0) is 19.0 Å². The highest BCUT2D eigenvalue weighted by molar-refractivity contribution is 5.89. The van der Waals surface area contributed by atoms with Gasteiger partial charge in [-0.1, -0.05) is 65.7 Å². The molecule has 5 aliphatic carbocycles. The third kappa shape index (κ3) is 5.79. The number of carbonyl (C=O) groups excluding carboxylic acids is 1. The van der Waals surface area contributed by atoms with Crippen LogP contribution in [0.25, 0.3) is 0 Å². The molecule has 5 saturated carbocycles. The summed E-state index contributed by atoms with van der Waals surface area (Å²) in [6.45, 7) is 13.2. The lowest BCUT2D eigenvalue weighted by molar-refractivity contribution is -0.286. The Balaban J connectivity index is 1.18. The van der Waals surface area contributed by atoms with E-state index in [-0.39, 0.29) is 28.8 Å². The standard InChI is InChI=1S/C41H60O6/c1-25-20-29(21-25)34-24-40(5)30(23-41(34)45-18-19-46-41)22-35(47-38(44)28-12-7-6-8-13-28)36-32-15-14-31(39(32,4)17-16-33(36)40)26(2)10-9-11-27(3)37(42)43/h6-8,12-13,25-27,29-36H,9-11,14-24H2,1-5H3,(H,42,43)/t25?,26-,27?,29?,30+,31-,32?,33?,34?,35-,36?,39-,40+/m1/s1.